The van der Waals surface area contributed by atoms with Crippen LogP contribution in [0, 0.1) is 13.8 Å². The highest BCUT2D eigenvalue weighted by Gasteiger charge is 2.08. The quantitative estimate of drug-likeness (QED) is 0.573. The number of aromatic nitrogens is 2. The van der Waals surface area contributed by atoms with Crippen molar-refractivity contribution in [2.45, 2.75) is 20.8 Å². The van der Waals surface area contributed by atoms with Crippen LogP contribution in [0.1, 0.15) is 18.3 Å². The van der Waals surface area contributed by atoms with E-state index in [4.69, 9.17) is 10.6 Å². The van der Waals surface area contributed by atoms with E-state index in [1.54, 1.807) is 0 Å². The lowest BCUT2D eigenvalue weighted by atomic mass is 10.2. The van der Waals surface area contributed by atoms with Crippen molar-refractivity contribution in [3.05, 3.63) is 35.7 Å². The molecule has 0 saturated carbocycles. The normalized spacial score (nSPS) is 10.2. The van der Waals surface area contributed by atoms with Gasteiger partial charge in [-0.3, -0.25) is 0 Å². The molecule has 1 heterocycles. The maximum Gasteiger partial charge on any atom is 0.148 e. The molecule has 0 atom stereocenters. The van der Waals surface area contributed by atoms with Crippen LogP contribution in [-0.2, 0) is 0 Å². The molecule has 1 aromatic heterocycles. The van der Waals surface area contributed by atoms with Crippen LogP contribution >= 0.6 is 0 Å². The smallest absolute Gasteiger partial charge is 0.148 e. The minimum absolute atomic E-state index is 0.612. The van der Waals surface area contributed by atoms with E-state index in [-0.39, 0.29) is 0 Å². The summed E-state index contributed by atoms with van der Waals surface area (Å²) in [7, 11) is 0. The molecule has 1 aromatic carbocycles. The molecule has 2 rings (SSSR count). The van der Waals surface area contributed by atoms with E-state index >= 15 is 0 Å². The summed E-state index contributed by atoms with van der Waals surface area (Å²) in [5, 5.41) is 3.26. The number of benzene rings is 1. The summed E-state index contributed by atoms with van der Waals surface area (Å²) in [6, 6.07) is 7.73. The van der Waals surface area contributed by atoms with Crippen molar-refractivity contribution in [2.24, 2.45) is 5.84 Å². The van der Waals surface area contributed by atoms with Crippen LogP contribution < -0.4 is 21.3 Å². The third-order valence-corrected chi connectivity index (χ3v) is 2.80. The zero-order chi connectivity index (χ0) is 14.5. The number of nitrogens with zero attached hydrogens (tertiary/aromatic N) is 2. The highest BCUT2D eigenvalue weighted by Crippen LogP contribution is 2.25. The van der Waals surface area contributed by atoms with Crippen molar-refractivity contribution < 1.29 is 4.74 Å². The molecular weight excluding hydrogens is 254 g/mol. The number of nitrogens with two attached hydrogens (primary N) is 1. The van der Waals surface area contributed by atoms with Crippen LogP contribution in [0.5, 0.6) is 5.75 Å². The first-order valence-electron chi connectivity index (χ1n) is 6.45. The van der Waals surface area contributed by atoms with Crippen LogP contribution in [0.25, 0.3) is 0 Å². The second-order valence-electron chi connectivity index (χ2n) is 4.32. The number of aryl methyl sites for hydroxylation is 1. The van der Waals surface area contributed by atoms with E-state index in [0.717, 1.165) is 22.8 Å². The van der Waals surface area contributed by atoms with Crippen molar-refractivity contribution in [2.75, 3.05) is 17.3 Å². The van der Waals surface area contributed by atoms with E-state index in [1.807, 2.05) is 45.0 Å². The minimum atomic E-state index is 0.612. The van der Waals surface area contributed by atoms with Gasteiger partial charge < -0.3 is 15.5 Å². The molecule has 106 valence electrons. The highest BCUT2D eigenvalue weighted by molar-refractivity contribution is 5.65. The first-order chi connectivity index (χ1) is 9.63. The molecule has 0 spiro atoms. The molecule has 0 radical (unpaired) electrons. The zero-order valence-corrected chi connectivity index (χ0v) is 11.9. The Morgan fingerprint density at radius 2 is 1.95 bits per heavy atom. The van der Waals surface area contributed by atoms with E-state index in [1.165, 1.54) is 0 Å². The summed E-state index contributed by atoms with van der Waals surface area (Å²) in [5.41, 5.74) is 4.34. The molecule has 0 aliphatic heterocycles. The fourth-order valence-corrected chi connectivity index (χ4v) is 1.86. The molecule has 0 aliphatic rings. The predicted octanol–water partition coefficient (Wildman–Crippen LogP) is 2.52. The SMILES string of the molecule is CCOc1cccc(Nc2nc(C)nc(NN)c2C)c1. The molecule has 20 heavy (non-hydrogen) atoms. The standard InChI is InChI=1S/C14H19N5O/c1-4-20-12-7-5-6-11(8-12)18-13-9(2)14(19-15)17-10(3)16-13/h5-8H,4,15H2,1-3H3,(H2,16,17,18,19). The minimum Gasteiger partial charge on any atom is -0.494 e. The lowest BCUT2D eigenvalue weighted by Crippen LogP contribution is -2.13. The van der Waals surface area contributed by atoms with E-state index in [9.17, 15) is 0 Å². The number of ether oxygens (including phenoxy) is 1. The Hall–Kier alpha value is -2.34. The molecule has 0 aliphatic carbocycles. The van der Waals surface area contributed by atoms with Crippen LogP contribution in [-0.4, -0.2) is 16.6 Å². The van der Waals surface area contributed by atoms with E-state index in [2.05, 4.69) is 20.7 Å². The second-order valence-corrected chi connectivity index (χ2v) is 4.32. The summed E-state index contributed by atoms with van der Waals surface area (Å²) in [6.45, 7) is 6.32. The van der Waals surface area contributed by atoms with E-state index < -0.39 is 0 Å². The number of nitrogens with one attached hydrogen (secondary N) is 2. The summed E-state index contributed by atoms with van der Waals surface area (Å²) in [5.74, 6) is 8.25. The van der Waals surface area contributed by atoms with Crippen molar-refractivity contribution in [1.29, 1.82) is 0 Å². The monoisotopic (exact) mass is 273 g/mol. The molecule has 0 saturated heterocycles. The lowest BCUT2D eigenvalue weighted by molar-refractivity contribution is 0.340. The summed E-state index contributed by atoms with van der Waals surface area (Å²) >= 11 is 0. The van der Waals surface area contributed by atoms with Gasteiger partial charge in [-0.25, -0.2) is 15.8 Å². The number of rotatable bonds is 5. The first-order valence-corrected chi connectivity index (χ1v) is 6.45. The van der Waals surface area contributed by atoms with Crippen molar-refractivity contribution in [3.63, 3.8) is 0 Å². The average molecular weight is 273 g/mol. The highest BCUT2D eigenvalue weighted by atomic mass is 16.5. The predicted molar refractivity (Wildman–Crippen MR) is 80.2 cm³/mol. The number of hydrogen-bond donors (Lipinski definition) is 3. The third-order valence-electron chi connectivity index (χ3n) is 2.80. The maximum absolute atomic E-state index is 5.48. The van der Waals surface area contributed by atoms with Crippen LogP contribution in [0.2, 0.25) is 0 Å². The van der Waals surface area contributed by atoms with Gasteiger partial charge in [0, 0.05) is 17.3 Å². The van der Waals surface area contributed by atoms with Crippen molar-refractivity contribution in [1.82, 2.24) is 9.97 Å². The van der Waals surface area contributed by atoms with Crippen LogP contribution in [0.4, 0.5) is 17.3 Å². The van der Waals surface area contributed by atoms with Gasteiger partial charge >= 0.3 is 0 Å². The largest absolute Gasteiger partial charge is 0.494 e. The van der Waals surface area contributed by atoms with Gasteiger partial charge in [0.15, 0.2) is 0 Å². The maximum atomic E-state index is 5.48. The molecule has 0 amide bonds. The lowest BCUT2D eigenvalue weighted by Gasteiger charge is -2.13. The van der Waals surface area contributed by atoms with E-state index in [0.29, 0.717) is 18.2 Å². The van der Waals surface area contributed by atoms with Crippen molar-refractivity contribution >= 4 is 17.3 Å². The second kappa shape index (κ2) is 6.21. The molecule has 0 bridgehead atoms. The Morgan fingerprint density at radius 1 is 1.20 bits per heavy atom. The number of hydrazine groups is 1. The van der Waals surface area contributed by atoms with Gasteiger partial charge in [-0.1, -0.05) is 6.07 Å². The molecule has 6 heteroatoms. The molecule has 6 nitrogen and oxygen atoms in total. The molecule has 2 aromatic rings. The van der Waals surface area contributed by atoms with Gasteiger partial charge in [0.25, 0.3) is 0 Å². The summed E-state index contributed by atoms with van der Waals surface area (Å²) in [4.78, 5) is 8.62. The first kappa shape index (κ1) is 14.1. The zero-order valence-electron chi connectivity index (χ0n) is 11.9. The molecule has 0 unspecified atom stereocenters. The Morgan fingerprint density at radius 3 is 2.65 bits per heavy atom. The summed E-state index contributed by atoms with van der Waals surface area (Å²) in [6.07, 6.45) is 0. The van der Waals surface area contributed by atoms with Gasteiger partial charge in [0.1, 0.15) is 23.2 Å². The Balaban J connectivity index is 2.30. The van der Waals surface area contributed by atoms with Gasteiger partial charge in [-0.05, 0) is 32.9 Å². The fraction of sp³-hybridized carbons (Fsp3) is 0.286. The molecule has 4 N–H and O–H groups in total. The average Bonchev–Trinajstić information content (AvgIpc) is 2.43. The number of anilines is 3. The Kier molecular flexibility index (Phi) is 4.37. The van der Waals surface area contributed by atoms with Crippen LogP contribution in [0.15, 0.2) is 24.3 Å². The summed E-state index contributed by atoms with van der Waals surface area (Å²) < 4.78 is 5.48. The fourth-order valence-electron chi connectivity index (χ4n) is 1.86. The van der Waals surface area contributed by atoms with Gasteiger partial charge in [0.05, 0.1) is 6.61 Å². The Bertz CT molecular complexity index is 600. The van der Waals surface area contributed by atoms with Gasteiger partial charge in [-0.15, -0.1) is 0 Å². The topological polar surface area (TPSA) is 85.1 Å². The van der Waals surface area contributed by atoms with Gasteiger partial charge in [-0.2, -0.15) is 0 Å². The number of hydrogen-bond acceptors (Lipinski definition) is 6. The third kappa shape index (κ3) is 3.16. The molecular formula is C14H19N5O. The number of nitrogen functional groups attached to an aromatic ring is 1. The molecule has 0 fully saturated rings. The van der Waals surface area contributed by atoms with Crippen LogP contribution in [0.3, 0.4) is 0 Å². The Labute approximate surface area is 118 Å². The van der Waals surface area contributed by atoms with Crippen molar-refractivity contribution in [3.8, 4) is 5.75 Å². The van der Waals surface area contributed by atoms with Gasteiger partial charge in [0.2, 0.25) is 0 Å².